The van der Waals surface area contributed by atoms with Gasteiger partial charge in [0.05, 0.1) is 0 Å². The van der Waals surface area contributed by atoms with E-state index in [1.54, 1.807) is 0 Å². The Morgan fingerprint density at radius 1 is 1.18 bits per heavy atom. The molecule has 1 aliphatic heterocycles. The van der Waals surface area contributed by atoms with Crippen molar-refractivity contribution in [3.05, 3.63) is 64.7 Å². The average molecular weight is 392 g/mol. The summed E-state index contributed by atoms with van der Waals surface area (Å²) in [6.07, 6.45) is -2.73. The van der Waals surface area contributed by atoms with Gasteiger partial charge in [0, 0.05) is 24.8 Å². The molecule has 1 heterocycles. The molecule has 0 saturated heterocycles. The molecule has 2 aromatic carbocycles. The Kier molecular flexibility index (Phi) is 5.93. The van der Waals surface area contributed by atoms with Crippen molar-refractivity contribution in [1.82, 2.24) is 5.32 Å². The molecule has 0 saturated carbocycles. The number of benzene rings is 2. The number of carboxylic acid groups (broad SMARTS) is 1. The van der Waals surface area contributed by atoms with Crippen LogP contribution in [0.3, 0.4) is 0 Å². The molecule has 4 nitrogen and oxygen atoms in total. The molecule has 0 radical (unpaired) electrons. The molecule has 7 heteroatoms. The minimum absolute atomic E-state index is 0.485. The van der Waals surface area contributed by atoms with E-state index in [1.165, 1.54) is 34.4 Å². The van der Waals surface area contributed by atoms with E-state index < -0.39 is 12.1 Å². The number of anilines is 1. The maximum Gasteiger partial charge on any atom is 0.490 e. The van der Waals surface area contributed by atoms with Crippen molar-refractivity contribution in [1.29, 1.82) is 0 Å². The SMILES string of the molecule is C[C@@H]1Cc2ccccc2[C@H]1NCc1cccc2c1NCC2.O=C(O)C(F)(F)F. The van der Waals surface area contributed by atoms with E-state index in [4.69, 9.17) is 9.90 Å². The third-order valence-electron chi connectivity index (χ3n) is 5.19. The van der Waals surface area contributed by atoms with Crippen molar-refractivity contribution in [2.45, 2.75) is 38.5 Å². The van der Waals surface area contributed by atoms with Crippen molar-refractivity contribution in [2.75, 3.05) is 11.9 Å². The minimum Gasteiger partial charge on any atom is -0.475 e. The van der Waals surface area contributed by atoms with Crippen LogP contribution in [0.2, 0.25) is 0 Å². The van der Waals surface area contributed by atoms with Crippen LogP contribution in [0.1, 0.15) is 35.2 Å². The highest BCUT2D eigenvalue weighted by molar-refractivity contribution is 5.73. The summed E-state index contributed by atoms with van der Waals surface area (Å²) in [6, 6.07) is 16.0. The normalized spacial score (nSPS) is 19.9. The van der Waals surface area contributed by atoms with Gasteiger partial charge < -0.3 is 15.7 Å². The standard InChI is InChI=1S/C19H22N2.C2HF3O2/c1-13-11-15-5-2-3-8-17(15)18(13)21-12-16-7-4-6-14-9-10-20-19(14)16;3-2(4,5)1(6)7/h2-8,13,18,20-21H,9-12H2,1H3;(H,6,7)/t13-,18+;/m1./s1. The molecule has 0 fully saturated rings. The van der Waals surface area contributed by atoms with E-state index in [2.05, 4.69) is 60.0 Å². The average Bonchev–Trinajstić information content (AvgIpc) is 3.23. The molecule has 4 rings (SSSR count). The Morgan fingerprint density at radius 3 is 2.57 bits per heavy atom. The maximum absolute atomic E-state index is 10.6. The van der Waals surface area contributed by atoms with Crippen LogP contribution in [0, 0.1) is 5.92 Å². The first-order valence-corrected chi connectivity index (χ1v) is 9.23. The molecule has 0 spiro atoms. The first-order valence-electron chi connectivity index (χ1n) is 9.23. The summed E-state index contributed by atoms with van der Waals surface area (Å²) < 4.78 is 31.7. The quantitative estimate of drug-likeness (QED) is 0.729. The lowest BCUT2D eigenvalue weighted by molar-refractivity contribution is -0.192. The summed E-state index contributed by atoms with van der Waals surface area (Å²) in [7, 11) is 0. The molecule has 0 unspecified atom stereocenters. The van der Waals surface area contributed by atoms with Crippen LogP contribution in [0.5, 0.6) is 0 Å². The molecule has 1 aliphatic carbocycles. The monoisotopic (exact) mass is 392 g/mol. The molecule has 3 N–H and O–H groups in total. The van der Waals surface area contributed by atoms with Gasteiger partial charge in [0.15, 0.2) is 0 Å². The van der Waals surface area contributed by atoms with Crippen molar-refractivity contribution >= 4 is 11.7 Å². The van der Waals surface area contributed by atoms with Gasteiger partial charge in [-0.05, 0) is 41.0 Å². The minimum atomic E-state index is -5.08. The predicted octanol–water partition coefficient (Wildman–Crippen LogP) is 4.31. The number of para-hydroxylation sites is 1. The number of carboxylic acids is 1. The highest BCUT2D eigenvalue weighted by Crippen LogP contribution is 2.36. The molecule has 0 amide bonds. The predicted molar refractivity (Wildman–Crippen MR) is 101 cm³/mol. The number of rotatable bonds is 3. The van der Waals surface area contributed by atoms with E-state index in [-0.39, 0.29) is 0 Å². The lowest BCUT2D eigenvalue weighted by Crippen LogP contribution is -2.24. The molecule has 2 atom stereocenters. The number of halogens is 3. The second-order valence-corrected chi connectivity index (χ2v) is 7.17. The second kappa shape index (κ2) is 8.22. The van der Waals surface area contributed by atoms with E-state index in [1.807, 2.05) is 0 Å². The van der Waals surface area contributed by atoms with E-state index >= 15 is 0 Å². The zero-order valence-corrected chi connectivity index (χ0v) is 15.5. The zero-order chi connectivity index (χ0) is 20.3. The van der Waals surface area contributed by atoms with Crippen LogP contribution in [0.25, 0.3) is 0 Å². The van der Waals surface area contributed by atoms with Crippen molar-refractivity contribution in [2.24, 2.45) is 5.92 Å². The molecule has 2 aliphatic rings. The molecule has 28 heavy (non-hydrogen) atoms. The van der Waals surface area contributed by atoms with Crippen molar-refractivity contribution in [3.8, 4) is 0 Å². The zero-order valence-electron chi connectivity index (χ0n) is 15.5. The lowest BCUT2D eigenvalue weighted by atomic mass is 10.0. The number of carbonyl (C=O) groups is 1. The highest BCUT2D eigenvalue weighted by Gasteiger charge is 2.38. The Labute approximate surface area is 161 Å². The molecule has 0 bridgehead atoms. The Bertz CT molecular complexity index is 852. The maximum atomic E-state index is 10.6. The summed E-state index contributed by atoms with van der Waals surface area (Å²) in [4.78, 5) is 8.90. The number of alkyl halides is 3. The van der Waals surface area contributed by atoms with Crippen LogP contribution >= 0.6 is 0 Å². The van der Waals surface area contributed by atoms with Gasteiger partial charge >= 0.3 is 12.1 Å². The Balaban J connectivity index is 0.000000279. The van der Waals surface area contributed by atoms with Crippen LogP contribution < -0.4 is 10.6 Å². The van der Waals surface area contributed by atoms with E-state index in [0.717, 1.165) is 19.5 Å². The molecule has 2 aromatic rings. The molecular formula is C21H23F3N2O2. The fourth-order valence-electron chi connectivity index (χ4n) is 3.88. The van der Waals surface area contributed by atoms with Gasteiger partial charge in [0.2, 0.25) is 0 Å². The number of hydrogen-bond donors (Lipinski definition) is 3. The molecule has 150 valence electrons. The van der Waals surface area contributed by atoms with Crippen LogP contribution in [0.4, 0.5) is 18.9 Å². The third-order valence-corrected chi connectivity index (χ3v) is 5.19. The lowest BCUT2D eigenvalue weighted by Gasteiger charge is -2.20. The van der Waals surface area contributed by atoms with Gasteiger partial charge in [-0.3, -0.25) is 0 Å². The molecule has 0 aromatic heterocycles. The van der Waals surface area contributed by atoms with Crippen LogP contribution in [-0.4, -0.2) is 23.8 Å². The van der Waals surface area contributed by atoms with Gasteiger partial charge in [-0.25, -0.2) is 4.79 Å². The Hall–Kier alpha value is -2.54. The van der Waals surface area contributed by atoms with Crippen molar-refractivity contribution < 1.29 is 23.1 Å². The van der Waals surface area contributed by atoms with Gasteiger partial charge in [0.25, 0.3) is 0 Å². The van der Waals surface area contributed by atoms with Crippen LogP contribution in [0.15, 0.2) is 42.5 Å². The van der Waals surface area contributed by atoms with Gasteiger partial charge in [-0.15, -0.1) is 0 Å². The number of aliphatic carboxylic acids is 1. The summed E-state index contributed by atoms with van der Waals surface area (Å²) in [5.41, 5.74) is 7.24. The summed E-state index contributed by atoms with van der Waals surface area (Å²) in [6.45, 7) is 4.37. The van der Waals surface area contributed by atoms with Gasteiger partial charge in [0.1, 0.15) is 0 Å². The first kappa shape index (κ1) is 20.2. The molecular weight excluding hydrogens is 369 g/mol. The van der Waals surface area contributed by atoms with Gasteiger partial charge in [-0.1, -0.05) is 49.4 Å². The Morgan fingerprint density at radius 2 is 1.86 bits per heavy atom. The smallest absolute Gasteiger partial charge is 0.475 e. The van der Waals surface area contributed by atoms with Crippen LogP contribution in [-0.2, 0) is 24.2 Å². The summed E-state index contributed by atoms with van der Waals surface area (Å²) in [5, 5.41) is 14.5. The third kappa shape index (κ3) is 4.47. The van der Waals surface area contributed by atoms with E-state index in [9.17, 15) is 13.2 Å². The highest BCUT2D eigenvalue weighted by atomic mass is 19.4. The van der Waals surface area contributed by atoms with Crippen molar-refractivity contribution in [3.63, 3.8) is 0 Å². The fourth-order valence-corrected chi connectivity index (χ4v) is 3.88. The van der Waals surface area contributed by atoms with Gasteiger partial charge in [-0.2, -0.15) is 13.2 Å². The number of hydrogen-bond acceptors (Lipinski definition) is 3. The fraction of sp³-hybridized carbons (Fsp3) is 0.381. The second-order valence-electron chi connectivity index (χ2n) is 7.17. The van der Waals surface area contributed by atoms with E-state index in [0.29, 0.717) is 12.0 Å². The summed E-state index contributed by atoms with van der Waals surface area (Å²) >= 11 is 0. The number of nitrogens with one attached hydrogen (secondary N) is 2. The largest absolute Gasteiger partial charge is 0.490 e. The number of fused-ring (bicyclic) bond motifs is 2. The summed E-state index contributed by atoms with van der Waals surface area (Å²) in [5.74, 6) is -2.08. The first-order chi connectivity index (χ1) is 13.3. The topological polar surface area (TPSA) is 61.4 Å².